The molecule has 0 fully saturated rings. The summed E-state index contributed by atoms with van der Waals surface area (Å²) in [4.78, 5) is 36.7. The van der Waals surface area contributed by atoms with Crippen molar-refractivity contribution in [3.05, 3.63) is 65.2 Å². The lowest BCUT2D eigenvalue weighted by Gasteiger charge is -2.22. The molecule has 1 atom stereocenters. The minimum absolute atomic E-state index is 0.104. The molecule has 0 saturated heterocycles. The van der Waals surface area contributed by atoms with E-state index in [0.717, 1.165) is 5.56 Å². The SMILES string of the molecule is COC(=O)c1ccc(NC(=O)[C@@H](NC(=O)c2ccccc2C)C(C)C)cc1. The van der Waals surface area contributed by atoms with Crippen LogP contribution in [0.5, 0.6) is 0 Å². The maximum Gasteiger partial charge on any atom is 0.337 e. The van der Waals surface area contributed by atoms with Crippen molar-refractivity contribution in [1.29, 1.82) is 0 Å². The van der Waals surface area contributed by atoms with Gasteiger partial charge in [-0.2, -0.15) is 0 Å². The predicted molar refractivity (Wildman–Crippen MR) is 104 cm³/mol. The number of ether oxygens (including phenoxy) is 1. The number of carbonyl (C=O) groups excluding carboxylic acids is 3. The van der Waals surface area contributed by atoms with Gasteiger partial charge in [-0.05, 0) is 48.7 Å². The van der Waals surface area contributed by atoms with E-state index in [-0.39, 0.29) is 17.7 Å². The van der Waals surface area contributed by atoms with Gasteiger partial charge in [0.1, 0.15) is 6.04 Å². The fraction of sp³-hybridized carbons (Fsp3) is 0.286. The Morgan fingerprint density at radius 1 is 0.963 bits per heavy atom. The van der Waals surface area contributed by atoms with E-state index in [1.54, 1.807) is 36.4 Å². The van der Waals surface area contributed by atoms with Crippen LogP contribution in [0.2, 0.25) is 0 Å². The molecule has 0 aliphatic carbocycles. The molecule has 0 aromatic heterocycles. The number of nitrogens with one attached hydrogen (secondary N) is 2. The summed E-state index contributed by atoms with van der Waals surface area (Å²) < 4.78 is 4.65. The van der Waals surface area contributed by atoms with Gasteiger partial charge in [-0.15, -0.1) is 0 Å². The van der Waals surface area contributed by atoms with Crippen molar-refractivity contribution in [2.75, 3.05) is 12.4 Å². The number of rotatable bonds is 6. The third-order valence-electron chi connectivity index (χ3n) is 4.20. The first-order valence-corrected chi connectivity index (χ1v) is 8.69. The van der Waals surface area contributed by atoms with Gasteiger partial charge in [0.2, 0.25) is 5.91 Å². The Bertz CT molecular complexity index is 828. The number of anilines is 1. The van der Waals surface area contributed by atoms with Gasteiger partial charge >= 0.3 is 5.97 Å². The molecule has 27 heavy (non-hydrogen) atoms. The molecule has 0 spiro atoms. The van der Waals surface area contributed by atoms with Gasteiger partial charge in [0, 0.05) is 11.3 Å². The van der Waals surface area contributed by atoms with Gasteiger partial charge in [-0.25, -0.2) is 4.79 Å². The van der Waals surface area contributed by atoms with Gasteiger partial charge in [-0.3, -0.25) is 9.59 Å². The van der Waals surface area contributed by atoms with Crippen LogP contribution in [0.25, 0.3) is 0 Å². The maximum absolute atomic E-state index is 12.7. The topological polar surface area (TPSA) is 84.5 Å². The van der Waals surface area contributed by atoms with Crippen LogP contribution in [-0.2, 0) is 9.53 Å². The van der Waals surface area contributed by atoms with Crippen LogP contribution >= 0.6 is 0 Å². The molecule has 0 saturated carbocycles. The second-order valence-corrected chi connectivity index (χ2v) is 6.57. The summed E-state index contributed by atoms with van der Waals surface area (Å²) in [7, 11) is 1.31. The Hall–Kier alpha value is -3.15. The minimum Gasteiger partial charge on any atom is -0.465 e. The molecule has 6 nitrogen and oxygen atoms in total. The van der Waals surface area contributed by atoms with Gasteiger partial charge < -0.3 is 15.4 Å². The zero-order chi connectivity index (χ0) is 20.0. The van der Waals surface area contributed by atoms with E-state index in [9.17, 15) is 14.4 Å². The number of esters is 1. The molecule has 0 aliphatic heterocycles. The lowest BCUT2D eigenvalue weighted by Crippen LogP contribution is -2.47. The van der Waals surface area contributed by atoms with Crippen molar-refractivity contribution in [1.82, 2.24) is 5.32 Å². The monoisotopic (exact) mass is 368 g/mol. The van der Waals surface area contributed by atoms with Crippen LogP contribution in [0.3, 0.4) is 0 Å². The highest BCUT2D eigenvalue weighted by Crippen LogP contribution is 2.14. The van der Waals surface area contributed by atoms with Crippen LogP contribution in [-0.4, -0.2) is 30.9 Å². The molecule has 2 rings (SSSR count). The second-order valence-electron chi connectivity index (χ2n) is 6.57. The highest BCUT2D eigenvalue weighted by Gasteiger charge is 2.25. The smallest absolute Gasteiger partial charge is 0.337 e. The van der Waals surface area contributed by atoms with Gasteiger partial charge in [0.15, 0.2) is 0 Å². The van der Waals surface area contributed by atoms with Crippen molar-refractivity contribution in [3.63, 3.8) is 0 Å². The average molecular weight is 368 g/mol. The number of amides is 2. The Morgan fingerprint density at radius 3 is 2.15 bits per heavy atom. The zero-order valence-electron chi connectivity index (χ0n) is 15.9. The summed E-state index contributed by atoms with van der Waals surface area (Å²) in [6.45, 7) is 5.58. The Kier molecular flexibility index (Phi) is 6.71. The number of benzene rings is 2. The van der Waals surface area contributed by atoms with Gasteiger partial charge in [-0.1, -0.05) is 32.0 Å². The average Bonchev–Trinajstić information content (AvgIpc) is 2.65. The predicted octanol–water partition coefficient (Wildman–Crippen LogP) is 3.17. The second kappa shape index (κ2) is 8.98. The standard InChI is InChI=1S/C21H24N2O4/c1-13(2)18(23-19(24)17-8-6-5-7-14(17)3)20(25)22-16-11-9-15(10-12-16)21(26)27-4/h5-13,18H,1-4H3,(H,22,25)(H,23,24)/t18-/m0/s1. The quantitative estimate of drug-likeness (QED) is 0.767. The van der Waals surface area contributed by atoms with E-state index in [4.69, 9.17) is 0 Å². The summed E-state index contributed by atoms with van der Waals surface area (Å²) in [5.41, 5.74) is 2.31. The first kappa shape index (κ1) is 20.2. The van der Waals surface area contributed by atoms with Gasteiger partial charge in [0.05, 0.1) is 12.7 Å². The molecule has 0 heterocycles. The summed E-state index contributed by atoms with van der Waals surface area (Å²) >= 11 is 0. The zero-order valence-corrected chi connectivity index (χ0v) is 15.9. The summed E-state index contributed by atoms with van der Waals surface area (Å²) in [5.74, 6) is -1.16. The molecule has 6 heteroatoms. The Balaban J connectivity index is 2.10. The van der Waals surface area contributed by atoms with Crippen molar-refractivity contribution in [2.24, 2.45) is 5.92 Å². The van der Waals surface area contributed by atoms with E-state index in [1.807, 2.05) is 32.9 Å². The van der Waals surface area contributed by atoms with Crippen LogP contribution in [0, 0.1) is 12.8 Å². The fourth-order valence-corrected chi connectivity index (χ4v) is 2.61. The summed E-state index contributed by atoms with van der Waals surface area (Å²) in [6, 6.07) is 12.9. The normalized spacial score (nSPS) is 11.6. The van der Waals surface area contributed by atoms with Crippen LogP contribution in [0.4, 0.5) is 5.69 Å². The lowest BCUT2D eigenvalue weighted by molar-refractivity contribution is -0.118. The largest absolute Gasteiger partial charge is 0.465 e. The molecule has 2 N–H and O–H groups in total. The highest BCUT2D eigenvalue weighted by atomic mass is 16.5. The molecule has 142 valence electrons. The minimum atomic E-state index is -0.697. The highest BCUT2D eigenvalue weighted by molar-refractivity contribution is 6.02. The van der Waals surface area contributed by atoms with E-state index in [1.165, 1.54) is 7.11 Å². The number of hydrogen-bond donors (Lipinski definition) is 2. The first-order chi connectivity index (χ1) is 12.8. The van der Waals surface area contributed by atoms with Crippen molar-refractivity contribution >= 4 is 23.5 Å². The van der Waals surface area contributed by atoms with Crippen LogP contribution in [0.15, 0.2) is 48.5 Å². The first-order valence-electron chi connectivity index (χ1n) is 8.69. The number of aryl methyl sites for hydroxylation is 1. The third-order valence-corrected chi connectivity index (χ3v) is 4.20. The van der Waals surface area contributed by atoms with Crippen LogP contribution < -0.4 is 10.6 Å². The van der Waals surface area contributed by atoms with Crippen molar-refractivity contribution in [2.45, 2.75) is 26.8 Å². The molecular weight excluding hydrogens is 344 g/mol. The van der Waals surface area contributed by atoms with Crippen molar-refractivity contribution < 1.29 is 19.1 Å². The molecule has 0 radical (unpaired) electrons. The number of hydrogen-bond acceptors (Lipinski definition) is 4. The van der Waals surface area contributed by atoms with E-state index in [0.29, 0.717) is 16.8 Å². The molecule has 2 aromatic rings. The molecule has 0 unspecified atom stereocenters. The van der Waals surface area contributed by atoms with E-state index >= 15 is 0 Å². The fourth-order valence-electron chi connectivity index (χ4n) is 2.61. The van der Waals surface area contributed by atoms with E-state index in [2.05, 4.69) is 15.4 Å². The van der Waals surface area contributed by atoms with Crippen molar-refractivity contribution in [3.8, 4) is 0 Å². The Labute approximate surface area is 158 Å². The molecule has 2 amide bonds. The summed E-state index contributed by atoms with van der Waals surface area (Å²) in [6.07, 6.45) is 0. The molecule has 0 bridgehead atoms. The van der Waals surface area contributed by atoms with Gasteiger partial charge in [0.25, 0.3) is 5.91 Å². The summed E-state index contributed by atoms with van der Waals surface area (Å²) in [5, 5.41) is 5.58. The lowest BCUT2D eigenvalue weighted by atomic mass is 10.0. The Morgan fingerprint density at radius 2 is 1.59 bits per heavy atom. The number of methoxy groups -OCH3 is 1. The van der Waals surface area contributed by atoms with Crippen LogP contribution in [0.1, 0.15) is 40.1 Å². The number of carbonyl (C=O) groups is 3. The molecule has 2 aromatic carbocycles. The maximum atomic E-state index is 12.7. The van der Waals surface area contributed by atoms with E-state index < -0.39 is 12.0 Å². The molecular formula is C21H24N2O4. The molecule has 0 aliphatic rings. The third kappa shape index (κ3) is 5.17.